The van der Waals surface area contributed by atoms with Crippen molar-refractivity contribution in [1.29, 1.82) is 0 Å². The van der Waals surface area contributed by atoms with Gasteiger partial charge < -0.3 is 9.84 Å². The first kappa shape index (κ1) is 23.0. The zero-order chi connectivity index (χ0) is 21.5. The quantitative estimate of drug-likeness (QED) is 0.385. The number of hydrogen-bond donors (Lipinski definition) is 3. The normalized spacial score (nSPS) is 12.4. The van der Waals surface area contributed by atoms with Crippen molar-refractivity contribution in [2.75, 3.05) is 26.1 Å². The van der Waals surface area contributed by atoms with Gasteiger partial charge in [-0.25, -0.2) is 9.78 Å². The van der Waals surface area contributed by atoms with Crippen molar-refractivity contribution < 1.29 is 27.8 Å². The molecule has 154 valence electrons. The first-order valence-corrected chi connectivity index (χ1v) is 7.92. The maximum Gasteiger partial charge on any atom is 0.417 e. The first-order chi connectivity index (χ1) is 13.0. The van der Waals surface area contributed by atoms with Gasteiger partial charge in [0.15, 0.2) is 0 Å². The Morgan fingerprint density at radius 1 is 1.46 bits per heavy atom. The second kappa shape index (κ2) is 9.74. The first-order valence-electron chi connectivity index (χ1n) is 7.92. The average Bonchev–Trinajstić information content (AvgIpc) is 2.63. The lowest BCUT2D eigenvalue weighted by atomic mass is 10.1. The fraction of sp³-hybridized carbons (Fsp3) is 0.353. The SMILES string of the molecule is C=C(C)N(/C=C(\C)CO)NC(=NC)c1cnc(NC(=O)OC)cc1C(F)(F)F. The van der Waals surface area contributed by atoms with E-state index in [9.17, 15) is 18.0 Å². The van der Waals surface area contributed by atoms with Gasteiger partial charge in [0.25, 0.3) is 0 Å². The van der Waals surface area contributed by atoms with E-state index in [0.717, 1.165) is 13.3 Å². The third-order valence-corrected chi connectivity index (χ3v) is 3.34. The topological polar surface area (TPSA) is 99.1 Å². The number of nitrogens with zero attached hydrogens (tertiary/aromatic N) is 3. The third kappa shape index (κ3) is 6.27. The Labute approximate surface area is 160 Å². The van der Waals surface area contributed by atoms with E-state index in [4.69, 9.17) is 5.11 Å². The molecule has 0 aliphatic heterocycles. The fourth-order valence-corrected chi connectivity index (χ4v) is 1.95. The molecule has 0 unspecified atom stereocenters. The number of allylic oxidation sites excluding steroid dienone is 1. The van der Waals surface area contributed by atoms with E-state index in [0.29, 0.717) is 17.3 Å². The molecule has 0 bridgehead atoms. The molecule has 0 atom stereocenters. The van der Waals surface area contributed by atoms with Crippen LogP contribution in [0.15, 0.2) is 41.3 Å². The predicted molar refractivity (Wildman–Crippen MR) is 98.4 cm³/mol. The van der Waals surface area contributed by atoms with Gasteiger partial charge in [0.1, 0.15) is 11.7 Å². The zero-order valence-electron chi connectivity index (χ0n) is 15.9. The molecule has 0 saturated carbocycles. The molecule has 1 aromatic heterocycles. The summed E-state index contributed by atoms with van der Waals surface area (Å²) in [5.41, 5.74) is 2.29. The van der Waals surface area contributed by atoms with Crippen molar-refractivity contribution >= 4 is 17.7 Å². The Bertz CT molecular complexity index is 791. The van der Waals surface area contributed by atoms with Crippen molar-refractivity contribution in [3.8, 4) is 0 Å². The number of pyridine rings is 1. The lowest BCUT2D eigenvalue weighted by molar-refractivity contribution is -0.137. The lowest BCUT2D eigenvalue weighted by Gasteiger charge is -2.25. The van der Waals surface area contributed by atoms with Crippen molar-refractivity contribution in [3.63, 3.8) is 0 Å². The number of carbonyl (C=O) groups excluding carboxylic acids is 1. The van der Waals surface area contributed by atoms with E-state index >= 15 is 0 Å². The van der Waals surface area contributed by atoms with Gasteiger partial charge in [-0.3, -0.25) is 20.7 Å². The van der Waals surface area contributed by atoms with Crippen LogP contribution in [0.3, 0.4) is 0 Å². The molecule has 0 aliphatic rings. The van der Waals surface area contributed by atoms with Gasteiger partial charge in [-0.05, 0) is 25.5 Å². The molecular weight excluding hydrogens is 379 g/mol. The van der Waals surface area contributed by atoms with Crippen LogP contribution < -0.4 is 10.7 Å². The van der Waals surface area contributed by atoms with Gasteiger partial charge in [-0.2, -0.15) is 13.2 Å². The van der Waals surface area contributed by atoms with E-state index in [1.54, 1.807) is 13.8 Å². The number of aliphatic hydroxyl groups excluding tert-OH is 1. The van der Waals surface area contributed by atoms with Crippen molar-refractivity contribution in [3.05, 3.63) is 47.4 Å². The smallest absolute Gasteiger partial charge is 0.417 e. The molecule has 0 aliphatic carbocycles. The van der Waals surface area contributed by atoms with E-state index in [1.165, 1.54) is 18.3 Å². The van der Waals surface area contributed by atoms with Crippen molar-refractivity contribution in [2.45, 2.75) is 20.0 Å². The van der Waals surface area contributed by atoms with Gasteiger partial charge in [0.2, 0.25) is 0 Å². The minimum atomic E-state index is -4.74. The van der Waals surface area contributed by atoms with Crippen molar-refractivity contribution in [2.24, 2.45) is 4.99 Å². The summed E-state index contributed by atoms with van der Waals surface area (Å²) >= 11 is 0. The number of carbonyl (C=O) groups is 1. The zero-order valence-corrected chi connectivity index (χ0v) is 15.9. The summed E-state index contributed by atoms with van der Waals surface area (Å²) in [4.78, 5) is 18.9. The van der Waals surface area contributed by atoms with E-state index in [2.05, 4.69) is 32.0 Å². The van der Waals surface area contributed by atoms with Crippen LogP contribution in [0, 0.1) is 0 Å². The second-order valence-electron chi connectivity index (χ2n) is 5.65. The summed E-state index contributed by atoms with van der Waals surface area (Å²) in [6.45, 7) is 6.75. The molecular formula is C17H22F3N5O3. The number of rotatable bonds is 6. The molecule has 3 N–H and O–H groups in total. The van der Waals surface area contributed by atoms with Gasteiger partial charge in [-0.1, -0.05) is 6.58 Å². The predicted octanol–water partition coefficient (Wildman–Crippen LogP) is 2.89. The van der Waals surface area contributed by atoms with Gasteiger partial charge in [0.05, 0.1) is 19.3 Å². The number of ether oxygens (including phenoxy) is 1. The van der Waals surface area contributed by atoms with Crippen LogP contribution in [-0.4, -0.2) is 47.8 Å². The van der Waals surface area contributed by atoms with Crippen LogP contribution in [0.4, 0.5) is 23.8 Å². The van der Waals surface area contributed by atoms with Crippen LogP contribution in [0.25, 0.3) is 0 Å². The molecule has 1 aromatic rings. The van der Waals surface area contributed by atoms with Gasteiger partial charge in [-0.15, -0.1) is 0 Å². The average molecular weight is 401 g/mol. The number of aliphatic imine (C=N–C) groups is 1. The number of aliphatic hydroxyl groups is 1. The molecule has 28 heavy (non-hydrogen) atoms. The number of hydrazine groups is 1. The highest BCUT2D eigenvalue weighted by Crippen LogP contribution is 2.33. The summed E-state index contributed by atoms with van der Waals surface area (Å²) in [5.74, 6) is -0.472. The molecule has 0 aromatic carbocycles. The maximum absolute atomic E-state index is 13.6. The van der Waals surface area contributed by atoms with Crippen LogP contribution in [0.5, 0.6) is 0 Å². The number of aromatic nitrogens is 1. The Balaban J connectivity index is 3.37. The van der Waals surface area contributed by atoms with Crippen molar-refractivity contribution in [1.82, 2.24) is 15.4 Å². The Kier molecular flexibility index (Phi) is 7.99. The van der Waals surface area contributed by atoms with Crippen LogP contribution >= 0.6 is 0 Å². The number of amidine groups is 1. The summed E-state index contributed by atoms with van der Waals surface area (Å²) in [6.07, 6.45) is -3.29. The molecule has 0 fully saturated rings. The van der Waals surface area contributed by atoms with Gasteiger partial charge in [0, 0.05) is 30.7 Å². The Morgan fingerprint density at radius 2 is 2.11 bits per heavy atom. The number of halogens is 3. The fourth-order valence-electron chi connectivity index (χ4n) is 1.95. The van der Waals surface area contributed by atoms with E-state index in [1.807, 2.05) is 0 Å². The molecule has 1 amide bonds. The highest BCUT2D eigenvalue weighted by atomic mass is 19.4. The molecule has 8 nitrogen and oxygen atoms in total. The molecule has 1 heterocycles. The number of hydrogen-bond acceptors (Lipinski definition) is 6. The van der Waals surface area contributed by atoms with Crippen LogP contribution in [0.1, 0.15) is 25.0 Å². The summed E-state index contributed by atoms with van der Waals surface area (Å²) in [6, 6.07) is 0.680. The third-order valence-electron chi connectivity index (χ3n) is 3.34. The monoisotopic (exact) mass is 401 g/mol. The number of amides is 1. The van der Waals surface area contributed by atoms with Gasteiger partial charge >= 0.3 is 12.3 Å². The summed E-state index contributed by atoms with van der Waals surface area (Å²) in [7, 11) is 2.39. The maximum atomic E-state index is 13.6. The largest absolute Gasteiger partial charge is 0.453 e. The number of nitrogens with one attached hydrogen (secondary N) is 2. The highest BCUT2D eigenvalue weighted by Gasteiger charge is 2.35. The lowest BCUT2D eigenvalue weighted by Crippen LogP contribution is -2.39. The molecule has 0 spiro atoms. The molecule has 11 heteroatoms. The minimum Gasteiger partial charge on any atom is -0.453 e. The molecule has 0 saturated heterocycles. The second-order valence-corrected chi connectivity index (χ2v) is 5.65. The summed E-state index contributed by atoms with van der Waals surface area (Å²) < 4.78 is 45.1. The Hall–Kier alpha value is -3.08. The van der Waals surface area contributed by atoms with Crippen LogP contribution in [0.2, 0.25) is 0 Å². The number of methoxy groups -OCH3 is 1. The number of anilines is 1. The Morgan fingerprint density at radius 3 is 2.57 bits per heavy atom. The minimum absolute atomic E-state index is 0.144. The van der Waals surface area contributed by atoms with E-state index in [-0.39, 0.29) is 23.8 Å². The van der Waals surface area contributed by atoms with E-state index < -0.39 is 17.8 Å². The summed E-state index contributed by atoms with van der Waals surface area (Å²) in [5, 5.41) is 12.6. The standard InChI is InChI=1S/C17H22F3N5O3/c1-10(2)25(8-11(3)9-26)24-15(21-4)12-7-22-14(23-16(27)28-5)6-13(12)17(18,19)20/h6-8,26H,1,9H2,2-5H3,(H,21,24)(H,22,23,27)/b11-8+. The molecule has 1 rings (SSSR count). The van der Waals surface area contributed by atoms with Crippen LogP contribution in [-0.2, 0) is 10.9 Å². The number of alkyl halides is 3. The molecule has 0 radical (unpaired) electrons. The highest BCUT2D eigenvalue weighted by molar-refractivity contribution is 6.00.